The lowest BCUT2D eigenvalue weighted by molar-refractivity contribution is -0.141. The van der Waals surface area contributed by atoms with Crippen molar-refractivity contribution in [1.29, 1.82) is 0 Å². The molecule has 0 radical (unpaired) electrons. The van der Waals surface area contributed by atoms with Crippen LogP contribution >= 0.6 is 0 Å². The highest BCUT2D eigenvalue weighted by Gasteiger charge is 2.21. The lowest BCUT2D eigenvalue weighted by Gasteiger charge is -2.16. The third-order valence-corrected chi connectivity index (χ3v) is 3.70. The lowest BCUT2D eigenvalue weighted by atomic mass is 10.1. The average Bonchev–Trinajstić information content (AvgIpc) is 2.64. The topological polar surface area (TPSA) is 191 Å². The number of carbonyl (C=O) groups is 4. The van der Waals surface area contributed by atoms with Crippen LogP contribution in [0.3, 0.4) is 0 Å². The number of phenolic OH excluding ortho intramolecular Hbond substituents is 1. The van der Waals surface area contributed by atoms with Crippen molar-refractivity contribution < 1.29 is 34.5 Å². The largest absolute Gasteiger partial charge is 0.508 e. The number of rotatable bonds is 10. The van der Waals surface area contributed by atoms with Crippen LogP contribution < -0.4 is 21.7 Å². The highest BCUT2D eigenvalue weighted by Crippen LogP contribution is 2.11. The van der Waals surface area contributed by atoms with Crippen LogP contribution in [0.25, 0.3) is 0 Å². The van der Waals surface area contributed by atoms with Gasteiger partial charge in [0.2, 0.25) is 17.7 Å². The maximum Gasteiger partial charge on any atom is 0.326 e. The second-order valence-electron chi connectivity index (χ2n) is 6.09. The standard InChI is InChI=1S/C17H24N4O7/c1-9(22)15(18)16(26)20-7-13(24)19-8-14(25)21-12(17(27)28)6-10-2-4-11(23)5-3-10/h2-5,9,12,15,22-23H,6-8,18H2,1H3,(H,19,24)(H,20,26)(H,21,25)(H,27,28). The molecule has 1 rings (SSSR count). The summed E-state index contributed by atoms with van der Waals surface area (Å²) in [5.74, 6) is -3.37. The van der Waals surface area contributed by atoms with Gasteiger partial charge in [-0.25, -0.2) is 4.79 Å². The number of aliphatic hydroxyl groups excluding tert-OH is 1. The lowest BCUT2D eigenvalue weighted by Crippen LogP contribution is -2.51. The Labute approximate surface area is 160 Å². The van der Waals surface area contributed by atoms with Crippen LogP contribution in [0.15, 0.2) is 24.3 Å². The number of amides is 3. The normalized spacial score (nSPS) is 13.7. The van der Waals surface area contributed by atoms with Gasteiger partial charge in [-0.1, -0.05) is 12.1 Å². The number of aliphatic hydroxyl groups is 1. The second kappa shape index (κ2) is 10.8. The number of benzene rings is 1. The molecule has 0 bridgehead atoms. The van der Waals surface area contributed by atoms with E-state index in [0.29, 0.717) is 5.56 Å². The summed E-state index contributed by atoms with van der Waals surface area (Å²) in [6.45, 7) is 0.380. The van der Waals surface area contributed by atoms with Crippen molar-refractivity contribution in [3.63, 3.8) is 0 Å². The summed E-state index contributed by atoms with van der Waals surface area (Å²) in [7, 11) is 0. The summed E-state index contributed by atoms with van der Waals surface area (Å²) in [5, 5.41) is 34.3. The molecule has 3 unspecified atom stereocenters. The number of hydrogen-bond acceptors (Lipinski definition) is 7. The molecule has 1 aromatic carbocycles. The molecule has 0 saturated carbocycles. The number of hydrogen-bond donors (Lipinski definition) is 7. The molecule has 0 heterocycles. The van der Waals surface area contributed by atoms with E-state index in [0.717, 1.165) is 0 Å². The second-order valence-corrected chi connectivity index (χ2v) is 6.09. The van der Waals surface area contributed by atoms with Crippen LogP contribution in [0.2, 0.25) is 0 Å². The van der Waals surface area contributed by atoms with Crippen molar-refractivity contribution in [2.75, 3.05) is 13.1 Å². The van der Waals surface area contributed by atoms with Crippen molar-refractivity contribution in [2.24, 2.45) is 5.73 Å². The number of aliphatic carboxylic acids is 1. The van der Waals surface area contributed by atoms with Gasteiger partial charge in [-0.15, -0.1) is 0 Å². The first-order valence-electron chi connectivity index (χ1n) is 8.38. The molecule has 1 aromatic rings. The summed E-state index contributed by atoms with van der Waals surface area (Å²) in [5.41, 5.74) is 5.99. The number of nitrogens with two attached hydrogens (primary N) is 1. The van der Waals surface area contributed by atoms with Crippen molar-refractivity contribution in [2.45, 2.75) is 31.5 Å². The fourth-order valence-electron chi connectivity index (χ4n) is 2.06. The van der Waals surface area contributed by atoms with Crippen LogP contribution in [-0.4, -0.2) is 70.3 Å². The molecule has 0 fully saturated rings. The molecule has 0 aliphatic rings. The molecule has 11 heteroatoms. The van der Waals surface area contributed by atoms with E-state index in [-0.39, 0.29) is 12.2 Å². The maximum atomic E-state index is 11.9. The van der Waals surface area contributed by atoms with Crippen LogP contribution in [-0.2, 0) is 25.6 Å². The number of nitrogens with one attached hydrogen (secondary N) is 3. The third kappa shape index (κ3) is 8.01. The minimum absolute atomic E-state index is 0.0113. The zero-order valence-corrected chi connectivity index (χ0v) is 15.2. The van der Waals surface area contributed by atoms with E-state index in [1.54, 1.807) is 0 Å². The molecule has 0 spiro atoms. The fraction of sp³-hybridized carbons (Fsp3) is 0.412. The molecule has 28 heavy (non-hydrogen) atoms. The summed E-state index contributed by atoms with van der Waals surface area (Å²) in [6.07, 6.45) is -1.10. The van der Waals surface area contributed by atoms with Gasteiger partial charge in [-0.05, 0) is 24.6 Å². The molecule has 0 aliphatic heterocycles. The molecule has 154 valence electrons. The molecule has 0 aliphatic carbocycles. The minimum Gasteiger partial charge on any atom is -0.508 e. The molecule has 8 N–H and O–H groups in total. The Morgan fingerprint density at radius 1 is 1.04 bits per heavy atom. The highest BCUT2D eigenvalue weighted by atomic mass is 16.4. The van der Waals surface area contributed by atoms with E-state index in [2.05, 4.69) is 16.0 Å². The van der Waals surface area contributed by atoms with Crippen molar-refractivity contribution in [3.8, 4) is 5.75 Å². The summed E-state index contributed by atoms with van der Waals surface area (Å²) >= 11 is 0. The third-order valence-electron chi connectivity index (χ3n) is 3.70. The molecule has 0 aromatic heterocycles. The quantitative estimate of drug-likeness (QED) is 0.225. The van der Waals surface area contributed by atoms with Gasteiger partial charge in [0.1, 0.15) is 17.8 Å². The first-order valence-corrected chi connectivity index (χ1v) is 8.38. The first kappa shape index (κ1) is 22.9. The zero-order chi connectivity index (χ0) is 21.3. The summed E-state index contributed by atoms with van der Waals surface area (Å²) < 4.78 is 0. The van der Waals surface area contributed by atoms with Crippen molar-refractivity contribution in [1.82, 2.24) is 16.0 Å². The Morgan fingerprint density at radius 3 is 2.14 bits per heavy atom. The van der Waals surface area contributed by atoms with E-state index in [1.807, 2.05) is 0 Å². The van der Waals surface area contributed by atoms with Gasteiger partial charge in [0.05, 0.1) is 19.2 Å². The Morgan fingerprint density at radius 2 is 1.61 bits per heavy atom. The van der Waals surface area contributed by atoms with Gasteiger partial charge < -0.3 is 37.0 Å². The molecule has 3 amide bonds. The Bertz CT molecular complexity index is 706. The van der Waals surface area contributed by atoms with Crippen LogP contribution in [0.4, 0.5) is 0 Å². The number of carbonyl (C=O) groups excluding carboxylic acids is 3. The van der Waals surface area contributed by atoms with E-state index >= 15 is 0 Å². The average molecular weight is 396 g/mol. The maximum absolute atomic E-state index is 11.9. The van der Waals surface area contributed by atoms with Crippen LogP contribution in [0.1, 0.15) is 12.5 Å². The first-order chi connectivity index (χ1) is 13.1. The Kier molecular flexibility index (Phi) is 8.85. The number of phenols is 1. The zero-order valence-electron chi connectivity index (χ0n) is 15.2. The van der Waals surface area contributed by atoms with Gasteiger partial charge in [-0.2, -0.15) is 0 Å². The number of carboxylic acid groups (broad SMARTS) is 1. The molecular formula is C17H24N4O7. The number of aromatic hydroxyl groups is 1. The predicted octanol–water partition coefficient (Wildman–Crippen LogP) is -2.56. The van der Waals surface area contributed by atoms with E-state index in [1.165, 1.54) is 31.2 Å². The smallest absolute Gasteiger partial charge is 0.326 e. The molecular weight excluding hydrogens is 372 g/mol. The predicted molar refractivity (Wildman–Crippen MR) is 97.1 cm³/mol. The van der Waals surface area contributed by atoms with Crippen molar-refractivity contribution in [3.05, 3.63) is 29.8 Å². The van der Waals surface area contributed by atoms with Gasteiger partial charge in [0.15, 0.2) is 0 Å². The fourth-order valence-corrected chi connectivity index (χ4v) is 2.06. The monoisotopic (exact) mass is 396 g/mol. The Balaban J connectivity index is 2.43. The molecule has 3 atom stereocenters. The minimum atomic E-state index is -1.26. The van der Waals surface area contributed by atoms with Gasteiger partial charge in [0, 0.05) is 6.42 Å². The van der Waals surface area contributed by atoms with Crippen molar-refractivity contribution >= 4 is 23.7 Å². The highest BCUT2D eigenvalue weighted by molar-refractivity contribution is 5.90. The molecule has 0 saturated heterocycles. The number of carboxylic acids is 1. The van der Waals surface area contributed by atoms with Gasteiger partial charge >= 0.3 is 5.97 Å². The summed E-state index contributed by atoms with van der Waals surface area (Å²) in [6, 6.07) is 3.44. The van der Waals surface area contributed by atoms with Gasteiger partial charge in [0.25, 0.3) is 0 Å². The molecule has 11 nitrogen and oxygen atoms in total. The van der Waals surface area contributed by atoms with Crippen LogP contribution in [0, 0.1) is 0 Å². The van der Waals surface area contributed by atoms with Gasteiger partial charge in [-0.3, -0.25) is 14.4 Å². The Hall–Kier alpha value is -3.18. The SMILES string of the molecule is CC(O)C(N)C(=O)NCC(=O)NCC(=O)NC(Cc1ccc(O)cc1)C(=O)O. The summed E-state index contributed by atoms with van der Waals surface area (Å²) in [4.78, 5) is 46.3. The van der Waals surface area contributed by atoms with E-state index in [9.17, 15) is 34.5 Å². The van der Waals surface area contributed by atoms with Crippen LogP contribution in [0.5, 0.6) is 5.75 Å². The van der Waals surface area contributed by atoms with E-state index in [4.69, 9.17) is 5.73 Å². The van der Waals surface area contributed by atoms with E-state index < -0.39 is 55.0 Å².